The number of nitrogens with zero attached hydrogens (tertiary/aromatic N) is 5. The zero-order valence-electron chi connectivity index (χ0n) is 22.3. The monoisotopic (exact) mass is 523 g/mol. The molecule has 39 heavy (non-hydrogen) atoms. The molecule has 2 aromatic carbocycles. The summed E-state index contributed by atoms with van der Waals surface area (Å²) < 4.78 is 10.6. The van der Waals surface area contributed by atoms with Gasteiger partial charge in [0, 0.05) is 19.1 Å². The third-order valence-electron chi connectivity index (χ3n) is 7.90. The van der Waals surface area contributed by atoms with Crippen LogP contribution in [-0.4, -0.2) is 38.0 Å². The molecular formula is C30H33N7O2. The van der Waals surface area contributed by atoms with E-state index in [4.69, 9.17) is 14.9 Å². The summed E-state index contributed by atoms with van der Waals surface area (Å²) in [5.74, 6) is 2.33. The largest absolute Gasteiger partial charge is 0.484 e. The highest BCUT2D eigenvalue weighted by Gasteiger charge is 2.46. The van der Waals surface area contributed by atoms with Gasteiger partial charge in [-0.25, -0.2) is 15.0 Å². The van der Waals surface area contributed by atoms with Crippen LogP contribution in [0.3, 0.4) is 0 Å². The SMILES string of the molecule is Cc1ccccc1OCc1ncco1.Cc1cnc2nc(N3CCC4(CC3)Cc3ccccc3C4N)[nH]c2n1. The maximum absolute atomic E-state index is 6.66. The minimum absolute atomic E-state index is 0.146. The van der Waals surface area contributed by atoms with Crippen molar-refractivity contribution in [1.82, 2.24) is 24.9 Å². The van der Waals surface area contributed by atoms with Crippen LogP contribution in [-0.2, 0) is 13.0 Å². The lowest BCUT2D eigenvalue weighted by molar-refractivity contribution is 0.187. The molecule has 0 saturated carbocycles. The summed E-state index contributed by atoms with van der Waals surface area (Å²) in [6.07, 6.45) is 8.17. The smallest absolute Gasteiger partial charge is 0.232 e. The summed E-state index contributed by atoms with van der Waals surface area (Å²) in [6.45, 7) is 6.24. The van der Waals surface area contributed by atoms with Crippen molar-refractivity contribution in [3.63, 3.8) is 0 Å². The average molecular weight is 524 g/mol. The van der Waals surface area contributed by atoms with Crippen LogP contribution >= 0.6 is 0 Å². The van der Waals surface area contributed by atoms with Crippen LogP contribution in [0.4, 0.5) is 5.95 Å². The molecule has 1 aliphatic carbocycles. The van der Waals surface area contributed by atoms with E-state index in [9.17, 15) is 0 Å². The summed E-state index contributed by atoms with van der Waals surface area (Å²) >= 11 is 0. The number of fused-ring (bicyclic) bond motifs is 2. The van der Waals surface area contributed by atoms with E-state index in [1.165, 1.54) is 17.4 Å². The van der Waals surface area contributed by atoms with Gasteiger partial charge >= 0.3 is 0 Å². The van der Waals surface area contributed by atoms with Gasteiger partial charge in [-0.15, -0.1) is 0 Å². The lowest BCUT2D eigenvalue weighted by Crippen LogP contribution is -2.44. The molecule has 7 rings (SSSR count). The number of rotatable bonds is 4. The summed E-state index contributed by atoms with van der Waals surface area (Å²) in [7, 11) is 0. The Morgan fingerprint density at radius 2 is 1.85 bits per heavy atom. The number of anilines is 1. The highest BCUT2D eigenvalue weighted by molar-refractivity contribution is 5.69. The number of hydrogen-bond donors (Lipinski definition) is 2. The van der Waals surface area contributed by atoms with Gasteiger partial charge in [-0.05, 0) is 61.3 Å². The molecule has 5 aromatic rings. The molecular weight excluding hydrogens is 490 g/mol. The van der Waals surface area contributed by atoms with E-state index in [0.29, 0.717) is 18.1 Å². The number of imidazole rings is 1. The zero-order chi connectivity index (χ0) is 26.8. The van der Waals surface area contributed by atoms with Crippen molar-refractivity contribution in [2.24, 2.45) is 11.1 Å². The fourth-order valence-corrected chi connectivity index (χ4v) is 5.67. The second-order valence-corrected chi connectivity index (χ2v) is 10.4. The predicted molar refractivity (Wildman–Crippen MR) is 149 cm³/mol. The van der Waals surface area contributed by atoms with Crippen molar-refractivity contribution in [3.8, 4) is 5.75 Å². The Labute approximate surface area is 227 Å². The Hall–Kier alpha value is -4.24. The van der Waals surface area contributed by atoms with Crippen LogP contribution in [0.1, 0.15) is 47.2 Å². The summed E-state index contributed by atoms with van der Waals surface area (Å²) in [5, 5.41) is 0. The van der Waals surface area contributed by atoms with E-state index < -0.39 is 0 Å². The second-order valence-electron chi connectivity index (χ2n) is 10.4. The van der Waals surface area contributed by atoms with Crippen LogP contribution in [0.5, 0.6) is 5.75 Å². The van der Waals surface area contributed by atoms with Gasteiger partial charge in [0.25, 0.3) is 0 Å². The van der Waals surface area contributed by atoms with Crippen LogP contribution in [0.15, 0.2) is 71.6 Å². The number of nitrogens with one attached hydrogen (secondary N) is 1. The number of oxazole rings is 1. The number of ether oxygens (including phenoxy) is 1. The third kappa shape index (κ3) is 5.09. The van der Waals surface area contributed by atoms with Gasteiger partial charge in [-0.2, -0.15) is 4.98 Å². The van der Waals surface area contributed by atoms with E-state index in [0.717, 1.165) is 61.0 Å². The number of para-hydroxylation sites is 1. The van der Waals surface area contributed by atoms with Gasteiger partial charge < -0.3 is 24.8 Å². The fraction of sp³-hybridized carbons (Fsp3) is 0.333. The lowest BCUT2D eigenvalue weighted by atomic mass is 9.73. The molecule has 1 atom stereocenters. The van der Waals surface area contributed by atoms with Gasteiger partial charge in [0.05, 0.1) is 18.1 Å². The minimum Gasteiger partial charge on any atom is -0.484 e. The number of aromatic nitrogens is 5. The summed E-state index contributed by atoms with van der Waals surface area (Å²) in [4.78, 5) is 23.0. The zero-order valence-corrected chi connectivity index (χ0v) is 22.3. The van der Waals surface area contributed by atoms with E-state index in [1.807, 2.05) is 38.1 Å². The van der Waals surface area contributed by atoms with Crippen molar-refractivity contribution in [2.45, 2.75) is 45.8 Å². The first-order chi connectivity index (χ1) is 19.0. The molecule has 9 heteroatoms. The van der Waals surface area contributed by atoms with Crippen molar-refractivity contribution < 1.29 is 9.15 Å². The highest BCUT2D eigenvalue weighted by Crippen LogP contribution is 2.50. The summed E-state index contributed by atoms with van der Waals surface area (Å²) in [6, 6.07) is 16.6. The standard InChI is InChI=1S/C19H22N6.C11H11NO2/c1-12-11-21-16-17(22-12)24-18(23-16)25-8-6-19(7-9-25)10-13-4-2-3-5-14(13)15(19)20;1-9-4-2-3-5-10(9)14-8-11-12-6-7-13-11/h2-5,11,15H,6-10,20H2,1H3,(H,21,22,23,24);2-7H,8H2,1H3. The van der Waals surface area contributed by atoms with Crippen molar-refractivity contribution in [2.75, 3.05) is 18.0 Å². The van der Waals surface area contributed by atoms with Crippen LogP contribution in [0.2, 0.25) is 0 Å². The molecule has 1 saturated heterocycles. The topological polar surface area (TPSA) is 119 Å². The number of benzene rings is 2. The molecule has 9 nitrogen and oxygen atoms in total. The average Bonchev–Trinajstić information content (AvgIpc) is 3.68. The number of piperidine rings is 1. The predicted octanol–water partition coefficient (Wildman–Crippen LogP) is 5.07. The normalized spacial score (nSPS) is 17.6. The Bertz CT molecular complexity index is 1550. The maximum atomic E-state index is 6.66. The number of nitrogens with two attached hydrogens (primary N) is 1. The van der Waals surface area contributed by atoms with E-state index in [1.54, 1.807) is 12.4 Å². The van der Waals surface area contributed by atoms with E-state index >= 15 is 0 Å². The molecule has 1 unspecified atom stereocenters. The lowest BCUT2D eigenvalue weighted by Gasteiger charge is -2.42. The van der Waals surface area contributed by atoms with Crippen molar-refractivity contribution in [3.05, 3.63) is 95.5 Å². The van der Waals surface area contributed by atoms with Gasteiger partial charge in [0.2, 0.25) is 11.8 Å². The van der Waals surface area contributed by atoms with E-state index in [-0.39, 0.29) is 11.5 Å². The molecule has 0 amide bonds. The van der Waals surface area contributed by atoms with Gasteiger partial charge in [-0.3, -0.25) is 0 Å². The second kappa shape index (κ2) is 10.5. The van der Waals surface area contributed by atoms with Crippen molar-refractivity contribution >= 4 is 17.2 Å². The first-order valence-corrected chi connectivity index (χ1v) is 13.4. The molecule has 0 bridgehead atoms. The summed E-state index contributed by atoms with van der Waals surface area (Å²) in [5.41, 5.74) is 13.1. The molecule has 3 aromatic heterocycles. The number of aromatic amines is 1. The Kier molecular flexibility index (Phi) is 6.74. The molecule has 0 radical (unpaired) electrons. The minimum atomic E-state index is 0.146. The number of H-pyrrole nitrogens is 1. The van der Waals surface area contributed by atoms with Gasteiger partial charge in [0.1, 0.15) is 12.0 Å². The molecule has 200 valence electrons. The molecule has 1 aliphatic heterocycles. The van der Waals surface area contributed by atoms with Crippen LogP contribution in [0, 0.1) is 19.3 Å². The molecule has 1 fully saturated rings. The van der Waals surface area contributed by atoms with Crippen LogP contribution in [0.25, 0.3) is 11.3 Å². The number of aryl methyl sites for hydroxylation is 2. The van der Waals surface area contributed by atoms with E-state index in [2.05, 4.69) is 54.1 Å². The molecule has 3 N–H and O–H groups in total. The third-order valence-corrected chi connectivity index (χ3v) is 7.90. The van der Waals surface area contributed by atoms with Gasteiger partial charge in [-0.1, -0.05) is 42.5 Å². The molecule has 2 aliphatic rings. The number of hydrogen-bond acceptors (Lipinski definition) is 8. The van der Waals surface area contributed by atoms with Crippen LogP contribution < -0.4 is 15.4 Å². The first-order valence-electron chi connectivity index (χ1n) is 13.4. The Balaban J connectivity index is 0.000000168. The Morgan fingerprint density at radius 1 is 1.05 bits per heavy atom. The fourth-order valence-electron chi connectivity index (χ4n) is 5.67. The Morgan fingerprint density at radius 3 is 2.62 bits per heavy atom. The highest BCUT2D eigenvalue weighted by atomic mass is 16.5. The maximum Gasteiger partial charge on any atom is 0.232 e. The van der Waals surface area contributed by atoms with Crippen molar-refractivity contribution in [1.29, 1.82) is 0 Å². The van der Waals surface area contributed by atoms with Gasteiger partial charge in [0.15, 0.2) is 17.9 Å². The quantitative estimate of drug-likeness (QED) is 0.335. The molecule has 1 spiro atoms. The first kappa shape index (κ1) is 25.1. The molecule has 4 heterocycles.